The third-order valence-electron chi connectivity index (χ3n) is 6.18. The Morgan fingerprint density at radius 2 is 1.55 bits per heavy atom. The molecule has 0 aromatic heterocycles. The van der Waals surface area contributed by atoms with E-state index in [0.29, 0.717) is 12.8 Å². The number of carboxylic acid groups (broad SMARTS) is 1. The number of fused-ring (bicyclic) bond motifs is 3. The minimum atomic E-state index is -3.02. The van der Waals surface area contributed by atoms with Crippen molar-refractivity contribution in [1.29, 1.82) is 0 Å². The molecule has 1 heterocycles. The number of carbonyl (C=O) groups is 2. The maximum atomic E-state index is 12.4. The summed E-state index contributed by atoms with van der Waals surface area (Å²) in [7, 11) is -3.02. The van der Waals surface area contributed by atoms with Crippen LogP contribution < -0.4 is 5.32 Å². The van der Waals surface area contributed by atoms with Crippen molar-refractivity contribution in [3.05, 3.63) is 59.7 Å². The van der Waals surface area contributed by atoms with Gasteiger partial charge in [-0.15, -0.1) is 0 Å². The molecule has 2 aromatic rings. The van der Waals surface area contributed by atoms with Crippen molar-refractivity contribution in [2.24, 2.45) is 5.92 Å². The number of benzene rings is 2. The first-order valence-electron chi connectivity index (χ1n) is 10.4. The number of aliphatic carboxylic acids is 1. The van der Waals surface area contributed by atoms with Gasteiger partial charge in [-0.2, -0.15) is 0 Å². The fourth-order valence-electron chi connectivity index (χ4n) is 4.51. The molecule has 1 saturated heterocycles. The molecule has 0 spiro atoms. The summed E-state index contributed by atoms with van der Waals surface area (Å²) in [6.45, 7) is 0.105. The Labute approximate surface area is 181 Å². The first-order chi connectivity index (χ1) is 14.8. The van der Waals surface area contributed by atoms with Crippen LogP contribution in [0.1, 0.15) is 36.3 Å². The summed E-state index contributed by atoms with van der Waals surface area (Å²) < 4.78 is 28.6. The van der Waals surface area contributed by atoms with Gasteiger partial charge in [0, 0.05) is 5.92 Å². The highest BCUT2D eigenvalue weighted by atomic mass is 32.2. The van der Waals surface area contributed by atoms with Crippen LogP contribution in [0.15, 0.2) is 48.5 Å². The smallest absolute Gasteiger partial charge is 0.407 e. The van der Waals surface area contributed by atoms with Crippen LogP contribution in [0.4, 0.5) is 4.79 Å². The van der Waals surface area contributed by atoms with Gasteiger partial charge in [0.2, 0.25) is 0 Å². The quantitative estimate of drug-likeness (QED) is 0.710. The Morgan fingerprint density at radius 1 is 1.00 bits per heavy atom. The largest absolute Gasteiger partial charge is 0.480 e. The van der Waals surface area contributed by atoms with Crippen LogP contribution in [0.2, 0.25) is 0 Å². The second-order valence-electron chi connectivity index (χ2n) is 8.19. The Morgan fingerprint density at radius 3 is 2.10 bits per heavy atom. The third kappa shape index (κ3) is 4.74. The Bertz CT molecular complexity index is 1040. The highest BCUT2D eigenvalue weighted by Gasteiger charge is 2.31. The van der Waals surface area contributed by atoms with Gasteiger partial charge < -0.3 is 15.2 Å². The molecule has 31 heavy (non-hydrogen) atoms. The predicted octanol–water partition coefficient (Wildman–Crippen LogP) is 3.19. The van der Waals surface area contributed by atoms with Gasteiger partial charge in [0.25, 0.3) is 0 Å². The number of alkyl carbamates (subject to hydrolysis) is 1. The molecule has 0 saturated carbocycles. The van der Waals surface area contributed by atoms with Gasteiger partial charge >= 0.3 is 12.1 Å². The molecule has 0 radical (unpaired) electrons. The highest BCUT2D eigenvalue weighted by Crippen LogP contribution is 2.44. The van der Waals surface area contributed by atoms with Crippen molar-refractivity contribution in [2.45, 2.75) is 31.2 Å². The van der Waals surface area contributed by atoms with E-state index in [2.05, 4.69) is 5.32 Å². The molecule has 1 fully saturated rings. The average molecular weight is 444 g/mol. The maximum Gasteiger partial charge on any atom is 0.407 e. The third-order valence-corrected chi connectivity index (χ3v) is 7.89. The van der Waals surface area contributed by atoms with E-state index in [4.69, 9.17) is 4.74 Å². The molecule has 1 atom stereocenters. The lowest BCUT2D eigenvalue weighted by Crippen LogP contribution is -2.43. The number of hydrogen-bond donors (Lipinski definition) is 2. The molecule has 1 unspecified atom stereocenters. The van der Waals surface area contributed by atoms with E-state index >= 15 is 0 Å². The van der Waals surface area contributed by atoms with Crippen molar-refractivity contribution in [1.82, 2.24) is 5.32 Å². The lowest BCUT2D eigenvalue weighted by molar-refractivity contribution is -0.139. The number of nitrogens with one attached hydrogen (secondary N) is 1. The molecule has 164 valence electrons. The van der Waals surface area contributed by atoms with Crippen molar-refractivity contribution in [3.8, 4) is 11.1 Å². The minimum Gasteiger partial charge on any atom is -0.480 e. The molecular formula is C23H25NO6S. The van der Waals surface area contributed by atoms with Crippen LogP contribution in [-0.4, -0.2) is 49.7 Å². The zero-order valence-corrected chi connectivity index (χ0v) is 17.8. The average Bonchev–Trinajstić information content (AvgIpc) is 3.07. The van der Waals surface area contributed by atoms with E-state index in [-0.39, 0.29) is 36.4 Å². The Hall–Kier alpha value is -2.87. The van der Waals surface area contributed by atoms with Gasteiger partial charge in [0.1, 0.15) is 22.5 Å². The van der Waals surface area contributed by atoms with Gasteiger partial charge in [0.15, 0.2) is 0 Å². The van der Waals surface area contributed by atoms with Gasteiger partial charge in [-0.1, -0.05) is 48.5 Å². The topological polar surface area (TPSA) is 110 Å². The van der Waals surface area contributed by atoms with Gasteiger partial charge in [0.05, 0.1) is 11.5 Å². The predicted molar refractivity (Wildman–Crippen MR) is 116 cm³/mol. The molecule has 1 amide bonds. The van der Waals surface area contributed by atoms with Crippen LogP contribution >= 0.6 is 0 Å². The number of carboxylic acids is 1. The summed E-state index contributed by atoms with van der Waals surface area (Å²) in [5, 5.41) is 12.0. The first kappa shape index (κ1) is 21.4. The molecule has 1 aliphatic carbocycles. The van der Waals surface area contributed by atoms with E-state index in [0.717, 1.165) is 22.3 Å². The monoisotopic (exact) mass is 443 g/mol. The second-order valence-corrected chi connectivity index (χ2v) is 10.5. The van der Waals surface area contributed by atoms with Crippen LogP contribution in [0.5, 0.6) is 0 Å². The summed E-state index contributed by atoms with van der Waals surface area (Å²) in [5.41, 5.74) is 4.38. The normalized spacial score (nSPS) is 18.6. The molecule has 8 heteroatoms. The fraction of sp³-hybridized carbons (Fsp3) is 0.391. The maximum absolute atomic E-state index is 12.4. The summed E-state index contributed by atoms with van der Waals surface area (Å²) in [6, 6.07) is 14.8. The standard InChI is InChI=1S/C23H25NO6S/c25-22(26)21(13-15-9-11-31(28,29)12-10-15)24-23(27)30-14-20-18-7-3-1-5-16(18)17-6-2-4-8-19(17)20/h1-8,15,20-21H,9-14H2,(H,24,27)(H,25,26). The summed E-state index contributed by atoms with van der Waals surface area (Å²) in [4.78, 5) is 24.0. The lowest BCUT2D eigenvalue weighted by atomic mass is 9.94. The molecule has 2 aromatic carbocycles. The second kappa shape index (κ2) is 8.70. The van der Waals surface area contributed by atoms with E-state index in [1.807, 2.05) is 48.5 Å². The van der Waals surface area contributed by atoms with Gasteiger partial charge in [-0.3, -0.25) is 0 Å². The molecule has 7 nitrogen and oxygen atoms in total. The summed E-state index contributed by atoms with van der Waals surface area (Å²) in [6.07, 6.45) is 0.240. The Balaban J connectivity index is 1.38. The van der Waals surface area contributed by atoms with Crippen molar-refractivity contribution in [3.63, 3.8) is 0 Å². The number of carbonyl (C=O) groups excluding carboxylic acids is 1. The van der Waals surface area contributed by atoms with Crippen LogP contribution in [-0.2, 0) is 19.4 Å². The summed E-state index contributed by atoms with van der Waals surface area (Å²) >= 11 is 0. The van der Waals surface area contributed by atoms with Crippen molar-refractivity contribution < 1.29 is 27.9 Å². The number of amides is 1. The molecule has 4 rings (SSSR count). The zero-order valence-electron chi connectivity index (χ0n) is 17.0. The number of sulfone groups is 1. The minimum absolute atomic E-state index is 0.0569. The number of rotatable bonds is 6. The van der Waals surface area contributed by atoms with Gasteiger partial charge in [-0.25, -0.2) is 18.0 Å². The van der Waals surface area contributed by atoms with Crippen LogP contribution in [0, 0.1) is 5.92 Å². The van der Waals surface area contributed by atoms with Crippen LogP contribution in [0.3, 0.4) is 0 Å². The van der Waals surface area contributed by atoms with Crippen molar-refractivity contribution in [2.75, 3.05) is 18.1 Å². The molecular weight excluding hydrogens is 418 g/mol. The van der Waals surface area contributed by atoms with E-state index in [1.165, 1.54) is 0 Å². The van der Waals surface area contributed by atoms with Crippen LogP contribution in [0.25, 0.3) is 11.1 Å². The fourth-order valence-corrected chi connectivity index (χ4v) is 6.10. The highest BCUT2D eigenvalue weighted by molar-refractivity contribution is 7.91. The first-order valence-corrected chi connectivity index (χ1v) is 12.2. The van der Waals surface area contributed by atoms with Gasteiger partial charge in [-0.05, 0) is 47.4 Å². The Kier molecular flexibility index (Phi) is 6.00. The summed E-state index contributed by atoms with van der Waals surface area (Å²) in [5.74, 6) is -1.19. The number of ether oxygens (including phenoxy) is 1. The van der Waals surface area contributed by atoms with E-state index in [1.54, 1.807) is 0 Å². The molecule has 2 N–H and O–H groups in total. The SMILES string of the molecule is O=C(NC(CC1CCS(=O)(=O)CC1)C(=O)O)OCC1c2ccccc2-c2ccccc21. The van der Waals surface area contributed by atoms with E-state index < -0.39 is 27.9 Å². The van der Waals surface area contributed by atoms with Crippen molar-refractivity contribution >= 4 is 21.9 Å². The van der Waals surface area contributed by atoms with E-state index in [9.17, 15) is 23.1 Å². The molecule has 1 aliphatic heterocycles. The molecule has 0 bridgehead atoms. The lowest BCUT2D eigenvalue weighted by Gasteiger charge is -2.25. The zero-order chi connectivity index (χ0) is 22.0. The number of hydrogen-bond acceptors (Lipinski definition) is 5. The molecule has 2 aliphatic rings.